The van der Waals surface area contributed by atoms with E-state index in [0.29, 0.717) is 0 Å². The van der Waals surface area contributed by atoms with Crippen LogP contribution in [0.3, 0.4) is 0 Å². The van der Waals surface area contributed by atoms with Crippen LogP contribution in [-0.4, -0.2) is 76.6 Å². The van der Waals surface area contributed by atoms with Gasteiger partial charge in [0.15, 0.2) is 0 Å². The molecule has 1 N–H and O–H groups in total. The summed E-state index contributed by atoms with van der Waals surface area (Å²) in [6, 6.07) is 0. The average Bonchev–Trinajstić information content (AvgIpc) is 2.32. The molecule has 10 heteroatoms. The molecule has 0 atom stereocenters. The molecule has 1 aromatic heterocycles. The molecule has 0 unspecified atom stereocenters. The second kappa shape index (κ2) is 4.56. The normalized spacial score (nSPS) is 8.67. The van der Waals surface area contributed by atoms with Gasteiger partial charge in [-0.25, -0.2) is 0 Å². The van der Waals surface area contributed by atoms with Gasteiger partial charge >= 0.3 is 11.6 Å². The van der Waals surface area contributed by atoms with Crippen molar-refractivity contribution >= 4 is 63.0 Å². The van der Waals surface area contributed by atoms with Crippen LogP contribution in [0.4, 0.5) is 11.6 Å². The molecule has 9 nitrogen and oxygen atoms in total. The van der Waals surface area contributed by atoms with Crippen LogP contribution in [0.25, 0.3) is 0 Å². The van der Waals surface area contributed by atoms with Crippen molar-refractivity contribution in [2.75, 3.05) is 0 Å². The van der Waals surface area contributed by atoms with Gasteiger partial charge in [0.1, 0.15) is 10.2 Å². The number of H-pyrrole nitrogens is 1. The van der Waals surface area contributed by atoms with Crippen molar-refractivity contribution in [3.63, 3.8) is 0 Å². The summed E-state index contributed by atoms with van der Waals surface area (Å²) in [4.78, 5) is 18.0. The van der Waals surface area contributed by atoms with Crippen molar-refractivity contribution < 1.29 is 9.85 Å². The van der Waals surface area contributed by atoms with Crippen molar-refractivity contribution in [1.82, 2.24) is 15.4 Å². The van der Waals surface area contributed by atoms with Crippen LogP contribution in [0, 0.1) is 20.2 Å². The van der Waals surface area contributed by atoms with E-state index in [1.54, 1.807) is 5.21 Å². The minimum Gasteiger partial charge on any atom is -0.358 e. The van der Waals surface area contributed by atoms with Gasteiger partial charge < -0.3 is 20.2 Å². The molecular formula is C2HKN5O4. The Balaban J connectivity index is 0.00000121. The minimum atomic E-state index is -0.984. The van der Waals surface area contributed by atoms with E-state index in [0.717, 1.165) is 0 Å². The van der Waals surface area contributed by atoms with Gasteiger partial charge in [0, 0.05) is 51.4 Å². The van der Waals surface area contributed by atoms with Gasteiger partial charge in [-0.2, -0.15) is 0 Å². The number of hydrogen-bond donors (Lipinski definition) is 1. The second-order valence-electron chi connectivity index (χ2n) is 1.49. The molecule has 1 rings (SSSR count). The first-order valence-electron chi connectivity index (χ1n) is 2.32. The molecule has 12 heavy (non-hydrogen) atoms. The predicted molar refractivity (Wildman–Crippen MR) is 35.4 cm³/mol. The minimum absolute atomic E-state index is 0. The van der Waals surface area contributed by atoms with E-state index in [2.05, 4.69) is 10.2 Å². The molecule has 0 aliphatic rings. The van der Waals surface area contributed by atoms with Gasteiger partial charge in [-0.1, -0.05) is 0 Å². The van der Waals surface area contributed by atoms with E-state index < -0.39 is 21.5 Å². The van der Waals surface area contributed by atoms with Crippen molar-refractivity contribution in [1.29, 1.82) is 0 Å². The summed E-state index contributed by atoms with van der Waals surface area (Å²) in [6.45, 7) is 0. The van der Waals surface area contributed by atoms with Gasteiger partial charge in [-0.05, 0) is 15.1 Å². The second-order valence-corrected chi connectivity index (χ2v) is 1.49. The molecule has 1 heterocycles. The molecule has 0 saturated carbocycles. The summed E-state index contributed by atoms with van der Waals surface area (Å²) in [5.74, 6) is -1.76. The fourth-order valence-corrected chi connectivity index (χ4v) is 0.465. The average molecular weight is 198 g/mol. The summed E-state index contributed by atoms with van der Waals surface area (Å²) >= 11 is 0. The van der Waals surface area contributed by atoms with Gasteiger partial charge in [0.25, 0.3) is 0 Å². The smallest absolute Gasteiger partial charge is 0.358 e. The van der Waals surface area contributed by atoms with Gasteiger partial charge in [-0.15, -0.1) is 0 Å². The van der Waals surface area contributed by atoms with Crippen LogP contribution in [0.5, 0.6) is 0 Å². The third kappa shape index (κ3) is 2.28. The van der Waals surface area contributed by atoms with Crippen molar-refractivity contribution in [3.8, 4) is 0 Å². The monoisotopic (exact) mass is 198 g/mol. The SMILES string of the molecule is O=[N+]([O-])c1n[nH]nc1[N+](=O)[O-].[K]. The number of rotatable bonds is 2. The Labute approximate surface area is 107 Å². The number of nitrogens with one attached hydrogen (secondary N) is 1. The number of nitrogens with zero attached hydrogens (tertiary/aromatic N) is 4. The summed E-state index contributed by atoms with van der Waals surface area (Å²) in [5.41, 5.74) is 0. The Kier molecular flexibility index (Phi) is 4.40. The molecule has 1 aromatic rings. The molecule has 0 saturated heterocycles. The van der Waals surface area contributed by atoms with Crippen molar-refractivity contribution in [2.24, 2.45) is 0 Å². The van der Waals surface area contributed by atoms with Crippen LogP contribution in [-0.2, 0) is 0 Å². The standard InChI is InChI=1S/C2HN5O4.K/c8-6(9)1-2(7(10)11)4-5-3-1;/h(H,3,4,5);. The number of hydrogen-bond acceptors (Lipinski definition) is 6. The van der Waals surface area contributed by atoms with E-state index in [-0.39, 0.29) is 51.4 Å². The summed E-state index contributed by atoms with van der Waals surface area (Å²) in [5, 5.41) is 27.6. The third-order valence-corrected chi connectivity index (χ3v) is 0.858. The van der Waals surface area contributed by atoms with E-state index in [9.17, 15) is 20.2 Å². The zero-order chi connectivity index (χ0) is 8.43. The number of nitro groups is 2. The van der Waals surface area contributed by atoms with Crippen LogP contribution in [0.1, 0.15) is 0 Å². The van der Waals surface area contributed by atoms with E-state index in [1.807, 2.05) is 0 Å². The van der Waals surface area contributed by atoms with Crippen LogP contribution >= 0.6 is 0 Å². The molecule has 59 valence electrons. The molecule has 0 bridgehead atoms. The number of aromatic amines is 1. The Hall–Kier alpha value is -0.424. The van der Waals surface area contributed by atoms with Crippen LogP contribution < -0.4 is 0 Å². The maximum atomic E-state index is 9.97. The molecule has 0 spiro atoms. The van der Waals surface area contributed by atoms with Crippen LogP contribution in [0.2, 0.25) is 0 Å². The number of aromatic nitrogens is 3. The van der Waals surface area contributed by atoms with Crippen molar-refractivity contribution in [3.05, 3.63) is 20.2 Å². The predicted octanol–water partition coefficient (Wildman–Crippen LogP) is -0.760. The fraction of sp³-hybridized carbons (Fsp3) is 0. The molecule has 0 aliphatic carbocycles. The first-order valence-corrected chi connectivity index (χ1v) is 2.32. The Morgan fingerprint density at radius 1 is 1.08 bits per heavy atom. The van der Waals surface area contributed by atoms with E-state index in [4.69, 9.17) is 0 Å². The Morgan fingerprint density at radius 3 is 1.67 bits per heavy atom. The van der Waals surface area contributed by atoms with E-state index >= 15 is 0 Å². The van der Waals surface area contributed by atoms with Gasteiger partial charge in [0.2, 0.25) is 0 Å². The maximum absolute atomic E-state index is 9.97. The molecule has 0 amide bonds. The zero-order valence-corrected chi connectivity index (χ0v) is 9.04. The Bertz CT molecular complexity index is 280. The first-order chi connectivity index (χ1) is 5.13. The zero-order valence-electron chi connectivity index (χ0n) is 5.92. The largest absolute Gasteiger partial charge is 0.491 e. The first kappa shape index (κ1) is 11.6. The Morgan fingerprint density at radius 2 is 1.42 bits per heavy atom. The van der Waals surface area contributed by atoms with Crippen LogP contribution in [0.15, 0.2) is 0 Å². The summed E-state index contributed by atoms with van der Waals surface area (Å²) in [7, 11) is 0. The van der Waals surface area contributed by atoms with E-state index in [1.165, 1.54) is 0 Å². The summed E-state index contributed by atoms with van der Waals surface area (Å²) < 4.78 is 0. The molecule has 0 aliphatic heterocycles. The third-order valence-electron chi connectivity index (χ3n) is 0.858. The molecule has 1 radical (unpaired) electrons. The quantitative estimate of drug-likeness (QED) is 0.378. The van der Waals surface area contributed by atoms with Gasteiger partial charge in [-0.3, -0.25) is 0 Å². The maximum Gasteiger partial charge on any atom is 0.491 e. The van der Waals surface area contributed by atoms with Gasteiger partial charge in [0.05, 0.1) is 0 Å². The fourth-order valence-electron chi connectivity index (χ4n) is 0.465. The summed E-state index contributed by atoms with van der Waals surface area (Å²) in [6.07, 6.45) is 0. The molecular weight excluding hydrogens is 197 g/mol. The topological polar surface area (TPSA) is 128 Å². The molecule has 0 aromatic carbocycles. The molecule has 0 fully saturated rings. The van der Waals surface area contributed by atoms with Crippen molar-refractivity contribution in [2.45, 2.75) is 0 Å².